The zero-order valence-corrected chi connectivity index (χ0v) is 19.2. The number of carbonyl (C=O) groups excluding carboxylic acids is 1. The third-order valence-electron chi connectivity index (χ3n) is 4.91. The number of fused-ring (bicyclic) bond motifs is 1. The summed E-state index contributed by atoms with van der Waals surface area (Å²) in [6.07, 6.45) is 0. The van der Waals surface area contributed by atoms with Crippen molar-refractivity contribution in [3.8, 4) is 5.75 Å². The van der Waals surface area contributed by atoms with Gasteiger partial charge in [0, 0.05) is 17.5 Å². The molecular weight excluding hydrogens is 458 g/mol. The molecular formula is C21H18ClN3O4S2. The van der Waals surface area contributed by atoms with Crippen molar-refractivity contribution >= 4 is 55.4 Å². The van der Waals surface area contributed by atoms with Crippen molar-refractivity contribution in [2.24, 2.45) is 7.05 Å². The maximum atomic E-state index is 13.0. The number of aromatic nitrogens is 2. The Morgan fingerprint density at radius 2 is 1.90 bits per heavy atom. The number of amides is 1. The van der Waals surface area contributed by atoms with E-state index in [-0.39, 0.29) is 9.79 Å². The molecule has 4 aromatic rings. The number of ether oxygens (including phenoxy) is 1. The van der Waals surface area contributed by atoms with Crippen LogP contribution in [-0.4, -0.2) is 31.2 Å². The normalized spacial score (nSPS) is 11.6. The average molecular weight is 476 g/mol. The first-order chi connectivity index (χ1) is 14.7. The molecule has 4 rings (SSSR count). The maximum absolute atomic E-state index is 13.0. The molecule has 10 heteroatoms. The van der Waals surface area contributed by atoms with E-state index >= 15 is 0 Å². The fourth-order valence-corrected chi connectivity index (χ4v) is 6.28. The van der Waals surface area contributed by atoms with Crippen molar-refractivity contribution in [1.82, 2.24) is 9.78 Å². The van der Waals surface area contributed by atoms with Crippen molar-refractivity contribution in [3.63, 3.8) is 0 Å². The highest BCUT2D eigenvalue weighted by Crippen LogP contribution is 2.34. The molecule has 0 aliphatic heterocycles. The molecule has 2 heterocycles. The molecule has 0 atom stereocenters. The minimum atomic E-state index is -3.78. The van der Waals surface area contributed by atoms with Crippen LogP contribution in [0.15, 0.2) is 57.6 Å². The fraction of sp³-hybridized carbons (Fsp3) is 0.143. The van der Waals surface area contributed by atoms with Crippen LogP contribution < -0.4 is 10.1 Å². The predicted molar refractivity (Wildman–Crippen MR) is 121 cm³/mol. The number of nitrogens with one attached hydrogen (secondary N) is 1. The molecule has 0 saturated carbocycles. The smallest absolute Gasteiger partial charge is 0.267 e. The molecule has 2 aromatic heterocycles. The first-order valence-corrected chi connectivity index (χ1v) is 11.9. The fourth-order valence-electron chi connectivity index (χ4n) is 3.33. The summed E-state index contributed by atoms with van der Waals surface area (Å²) in [5.41, 5.74) is 1.17. The molecule has 0 unspecified atom stereocenters. The van der Waals surface area contributed by atoms with Gasteiger partial charge in [-0.25, -0.2) is 8.42 Å². The van der Waals surface area contributed by atoms with Crippen LogP contribution in [0, 0.1) is 6.92 Å². The van der Waals surface area contributed by atoms with Crippen LogP contribution in [0.2, 0.25) is 5.02 Å². The second-order valence-electron chi connectivity index (χ2n) is 6.79. The monoisotopic (exact) mass is 475 g/mol. The molecule has 0 aliphatic carbocycles. The van der Waals surface area contributed by atoms with E-state index in [9.17, 15) is 13.2 Å². The van der Waals surface area contributed by atoms with E-state index in [1.165, 1.54) is 29.6 Å². The molecule has 0 bridgehead atoms. The first-order valence-electron chi connectivity index (χ1n) is 9.14. The van der Waals surface area contributed by atoms with Crippen molar-refractivity contribution in [2.45, 2.75) is 16.7 Å². The number of hydrogen-bond acceptors (Lipinski definition) is 6. The summed E-state index contributed by atoms with van der Waals surface area (Å²) >= 11 is 6.93. The topological polar surface area (TPSA) is 90.3 Å². The van der Waals surface area contributed by atoms with Gasteiger partial charge in [0.05, 0.1) is 32.7 Å². The Morgan fingerprint density at radius 1 is 1.19 bits per heavy atom. The Hall–Kier alpha value is -2.88. The molecule has 31 heavy (non-hydrogen) atoms. The second-order valence-corrected chi connectivity index (χ2v) is 10.0. The number of rotatable bonds is 5. The van der Waals surface area contributed by atoms with Crippen LogP contribution in [-0.2, 0) is 16.9 Å². The van der Waals surface area contributed by atoms with Crippen molar-refractivity contribution in [3.05, 3.63) is 63.3 Å². The summed E-state index contributed by atoms with van der Waals surface area (Å²) in [5.74, 6) is 0.482. The zero-order chi connectivity index (χ0) is 22.3. The van der Waals surface area contributed by atoms with Gasteiger partial charge in [0.25, 0.3) is 5.91 Å². The molecule has 1 N–H and O–H groups in total. The standard InChI is InChI=1S/C21H18ClN3O4S2/c1-12-17(31(27,28)14-9-7-13(22)8-10-14)11-30-19(12)21(26)23-20-18-15(25(2)24-20)5-4-6-16(18)29-3/h4-11H,1-3H3,(H,23,24,26). The van der Waals surface area contributed by atoms with Crippen LogP contribution in [0.5, 0.6) is 5.75 Å². The lowest BCUT2D eigenvalue weighted by Gasteiger charge is -2.06. The molecule has 7 nitrogen and oxygen atoms in total. The number of halogens is 1. The molecule has 0 radical (unpaired) electrons. The van der Waals surface area contributed by atoms with E-state index in [0.717, 1.165) is 16.9 Å². The third kappa shape index (κ3) is 3.69. The van der Waals surface area contributed by atoms with E-state index in [2.05, 4.69) is 10.4 Å². The van der Waals surface area contributed by atoms with Crippen LogP contribution in [0.4, 0.5) is 5.82 Å². The lowest BCUT2D eigenvalue weighted by atomic mass is 10.2. The van der Waals surface area contributed by atoms with Gasteiger partial charge in [-0.05, 0) is 48.9 Å². The van der Waals surface area contributed by atoms with Gasteiger partial charge in [0.15, 0.2) is 5.82 Å². The van der Waals surface area contributed by atoms with Gasteiger partial charge in [-0.3, -0.25) is 9.48 Å². The van der Waals surface area contributed by atoms with Gasteiger partial charge < -0.3 is 10.1 Å². The molecule has 0 aliphatic rings. The van der Waals surface area contributed by atoms with Crippen LogP contribution in [0.25, 0.3) is 10.9 Å². The number of benzene rings is 2. The minimum absolute atomic E-state index is 0.0911. The number of carbonyl (C=O) groups is 1. The van der Waals surface area contributed by atoms with E-state index in [4.69, 9.17) is 16.3 Å². The third-order valence-corrected chi connectivity index (χ3v) is 8.28. The van der Waals surface area contributed by atoms with E-state index in [1.54, 1.807) is 31.8 Å². The Morgan fingerprint density at radius 3 is 2.58 bits per heavy atom. The number of thiophene rings is 1. The second kappa shape index (κ2) is 7.99. The van der Waals surface area contributed by atoms with Crippen LogP contribution in [0.3, 0.4) is 0 Å². The van der Waals surface area contributed by atoms with Crippen LogP contribution >= 0.6 is 22.9 Å². The predicted octanol–water partition coefficient (Wildman–Crippen LogP) is 4.69. The number of methoxy groups -OCH3 is 1. The lowest BCUT2D eigenvalue weighted by Crippen LogP contribution is -2.13. The SMILES string of the molecule is COc1cccc2c1c(NC(=O)c1scc(S(=O)(=O)c3ccc(Cl)cc3)c1C)nn2C. The van der Waals surface area contributed by atoms with E-state index in [0.29, 0.717) is 32.4 Å². The number of sulfone groups is 1. The summed E-state index contributed by atoms with van der Waals surface area (Å²) in [6, 6.07) is 11.4. The van der Waals surface area contributed by atoms with Gasteiger partial charge in [-0.2, -0.15) is 5.10 Å². The highest BCUT2D eigenvalue weighted by molar-refractivity contribution is 7.91. The molecule has 0 saturated heterocycles. The van der Waals surface area contributed by atoms with Crippen molar-refractivity contribution in [1.29, 1.82) is 0 Å². The maximum Gasteiger partial charge on any atom is 0.267 e. The van der Waals surface area contributed by atoms with Gasteiger partial charge in [-0.15, -0.1) is 11.3 Å². The summed E-state index contributed by atoms with van der Waals surface area (Å²) in [4.78, 5) is 13.5. The molecule has 2 aromatic carbocycles. The Bertz CT molecular complexity index is 1410. The lowest BCUT2D eigenvalue weighted by molar-refractivity contribution is 0.102. The molecule has 0 fully saturated rings. The summed E-state index contributed by atoms with van der Waals surface area (Å²) in [6.45, 7) is 1.62. The Kier molecular flexibility index (Phi) is 5.50. The molecule has 0 spiro atoms. The highest BCUT2D eigenvalue weighted by atomic mass is 35.5. The van der Waals surface area contributed by atoms with E-state index in [1.807, 2.05) is 12.1 Å². The van der Waals surface area contributed by atoms with Crippen molar-refractivity contribution in [2.75, 3.05) is 12.4 Å². The number of nitrogens with zero attached hydrogens (tertiary/aromatic N) is 2. The Balaban J connectivity index is 1.70. The average Bonchev–Trinajstić information content (AvgIpc) is 3.29. The first kappa shape index (κ1) is 21.4. The van der Waals surface area contributed by atoms with Crippen LogP contribution in [0.1, 0.15) is 15.2 Å². The summed E-state index contributed by atoms with van der Waals surface area (Å²) in [5, 5.41) is 9.77. The highest BCUT2D eigenvalue weighted by Gasteiger charge is 2.26. The zero-order valence-electron chi connectivity index (χ0n) is 16.8. The van der Waals surface area contributed by atoms with E-state index < -0.39 is 15.7 Å². The summed E-state index contributed by atoms with van der Waals surface area (Å²) < 4.78 is 33.1. The minimum Gasteiger partial charge on any atom is -0.496 e. The van der Waals surface area contributed by atoms with Gasteiger partial charge in [0.2, 0.25) is 9.84 Å². The number of hydrogen-bond donors (Lipinski definition) is 1. The quantitative estimate of drug-likeness (QED) is 0.452. The van der Waals surface area contributed by atoms with Gasteiger partial charge in [0.1, 0.15) is 5.75 Å². The largest absolute Gasteiger partial charge is 0.496 e. The Labute approximate surface area is 188 Å². The number of anilines is 1. The van der Waals surface area contributed by atoms with Gasteiger partial charge in [-0.1, -0.05) is 17.7 Å². The number of aryl methyl sites for hydroxylation is 1. The van der Waals surface area contributed by atoms with Crippen molar-refractivity contribution < 1.29 is 17.9 Å². The molecule has 160 valence electrons. The molecule has 1 amide bonds. The van der Waals surface area contributed by atoms with Gasteiger partial charge >= 0.3 is 0 Å². The summed E-state index contributed by atoms with van der Waals surface area (Å²) in [7, 11) is -0.466.